The van der Waals surface area contributed by atoms with E-state index in [1.165, 1.54) is 0 Å². The number of hydrogen-bond acceptors (Lipinski definition) is 4. The summed E-state index contributed by atoms with van der Waals surface area (Å²) in [5, 5.41) is 11.0. The van der Waals surface area contributed by atoms with Gasteiger partial charge in [0, 0.05) is 0 Å². The minimum Gasteiger partial charge on any atom is -0.298 e. The Kier molecular flexibility index (Phi) is 3.72. The minimum atomic E-state index is -0.561. The first-order chi connectivity index (χ1) is 5.33. The van der Waals surface area contributed by atoms with E-state index in [1.807, 2.05) is 0 Å². The molecule has 1 unspecified atom stereocenters. The molecule has 1 aliphatic heterocycles. The molecule has 0 radical (unpaired) electrons. The van der Waals surface area contributed by atoms with Crippen LogP contribution in [0.25, 0.3) is 0 Å². The molecule has 0 bridgehead atoms. The van der Waals surface area contributed by atoms with Crippen LogP contribution in [0, 0.1) is 0 Å². The predicted molar refractivity (Wildman–Crippen MR) is 40.3 cm³/mol. The van der Waals surface area contributed by atoms with Gasteiger partial charge < -0.3 is 0 Å². The molecule has 0 aliphatic carbocycles. The number of hydrogen-bond donors (Lipinski definition) is 3. The van der Waals surface area contributed by atoms with Gasteiger partial charge in [0.1, 0.15) is 0 Å². The highest BCUT2D eigenvalue weighted by atomic mass is 31.1. The fourth-order valence-electron chi connectivity index (χ4n) is 0.830. The van der Waals surface area contributed by atoms with Gasteiger partial charge in [-0.05, 0) is 20.7 Å². The van der Waals surface area contributed by atoms with E-state index in [2.05, 4.69) is 5.25 Å². The first kappa shape index (κ1) is 8.87. The van der Waals surface area contributed by atoms with E-state index in [0.717, 1.165) is 12.6 Å². The lowest BCUT2D eigenvalue weighted by atomic mass is 10.5. The van der Waals surface area contributed by atoms with Gasteiger partial charge in [0.2, 0.25) is 5.91 Å². The van der Waals surface area contributed by atoms with Crippen LogP contribution in [0.5, 0.6) is 0 Å². The Morgan fingerprint density at radius 1 is 1.82 bits per heavy atom. The maximum atomic E-state index is 10.6. The van der Waals surface area contributed by atoms with Gasteiger partial charge in [-0.3, -0.25) is 14.8 Å². The second kappa shape index (κ2) is 4.62. The molecule has 0 saturated carbocycles. The number of rotatable bonds is 2. The zero-order valence-electron chi connectivity index (χ0n) is 6.04. The van der Waals surface area contributed by atoms with Gasteiger partial charge in [-0.1, -0.05) is 0 Å². The molecule has 64 valence electrons. The molecule has 0 aromatic heterocycles. The zero-order chi connectivity index (χ0) is 8.10. The van der Waals surface area contributed by atoms with Crippen molar-refractivity contribution in [1.82, 2.24) is 10.7 Å². The van der Waals surface area contributed by atoms with Gasteiger partial charge in [-0.2, -0.15) is 5.25 Å². The lowest BCUT2D eigenvalue weighted by Crippen LogP contribution is -2.27. The van der Waals surface area contributed by atoms with Crippen molar-refractivity contribution >= 4 is 14.0 Å². The number of amides is 1. The van der Waals surface area contributed by atoms with Crippen molar-refractivity contribution in [3.05, 3.63) is 0 Å². The largest absolute Gasteiger partial charge is 0.298 e. The third-order valence-electron chi connectivity index (χ3n) is 1.33. The Balaban J connectivity index is 2.19. The zero-order valence-corrected chi connectivity index (χ0v) is 6.93. The molecular weight excluding hydrogens is 167 g/mol. The molecule has 6 heteroatoms. The van der Waals surface area contributed by atoms with Gasteiger partial charge in [0.05, 0.1) is 12.8 Å². The quantitative estimate of drug-likeness (QED) is 0.311. The van der Waals surface area contributed by atoms with Crippen LogP contribution >= 0.6 is 8.07 Å². The first-order valence-electron chi connectivity index (χ1n) is 3.38. The summed E-state index contributed by atoms with van der Waals surface area (Å²) in [5.41, 5.74) is 1.59. The second-order valence-corrected chi connectivity index (χ2v) is 4.28. The maximum Gasteiger partial charge on any atom is 0.248 e. The Labute approximate surface area is 65.8 Å². The van der Waals surface area contributed by atoms with Crippen LogP contribution in [-0.4, -0.2) is 30.0 Å². The average molecular weight is 178 g/mol. The molecule has 0 aromatic rings. The van der Waals surface area contributed by atoms with Crippen LogP contribution in [0.2, 0.25) is 0 Å². The Bertz CT molecular complexity index is 138. The predicted octanol–water partition coefficient (Wildman–Crippen LogP) is -0.186. The third-order valence-corrected chi connectivity index (χ3v) is 3.24. The topological polar surface area (TPSA) is 70.6 Å². The molecule has 1 heterocycles. The number of carbonyl (C=O) groups is 1. The fourth-order valence-corrected chi connectivity index (χ4v) is 2.35. The van der Waals surface area contributed by atoms with Gasteiger partial charge in [-0.25, -0.2) is 5.48 Å². The minimum absolute atomic E-state index is 0.325. The van der Waals surface area contributed by atoms with Crippen molar-refractivity contribution in [2.45, 2.75) is 6.42 Å². The van der Waals surface area contributed by atoms with Crippen LogP contribution in [0.3, 0.4) is 0 Å². The molecule has 11 heavy (non-hydrogen) atoms. The van der Waals surface area contributed by atoms with Crippen molar-refractivity contribution in [3.8, 4) is 0 Å². The Morgan fingerprint density at radius 2 is 2.64 bits per heavy atom. The highest BCUT2D eigenvalue weighted by Gasteiger charge is 2.15. The molecule has 1 fully saturated rings. The molecule has 1 atom stereocenters. The average Bonchev–Trinajstić information content (AvgIpc) is 2.06. The Morgan fingerprint density at radius 3 is 3.18 bits per heavy atom. The summed E-state index contributed by atoms with van der Waals surface area (Å²) in [6.07, 6.45) is 2.28. The maximum absolute atomic E-state index is 10.6. The summed E-state index contributed by atoms with van der Waals surface area (Å²) in [6.45, 7) is 0.708. The molecule has 1 rings (SSSR count). The van der Waals surface area contributed by atoms with E-state index in [1.54, 1.807) is 5.48 Å². The van der Waals surface area contributed by atoms with Crippen LogP contribution in [0.15, 0.2) is 0 Å². The van der Waals surface area contributed by atoms with Crippen LogP contribution < -0.4 is 10.7 Å². The van der Waals surface area contributed by atoms with Crippen molar-refractivity contribution in [2.24, 2.45) is 0 Å². The van der Waals surface area contributed by atoms with Crippen LogP contribution in [0.4, 0.5) is 0 Å². The monoisotopic (exact) mass is 178 g/mol. The van der Waals surface area contributed by atoms with E-state index >= 15 is 0 Å². The standard InChI is InChI=1S/C5H11N2O3P/c8-5(6-9)4-11-3-1-2-10-7-11/h7,9H,1-4H2,(H,6,8). The molecule has 1 amide bonds. The van der Waals surface area contributed by atoms with E-state index in [0.29, 0.717) is 12.8 Å². The normalized spacial score (nSPS) is 24.6. The smallest absolute Gasteiger partial charge is 0.248 e. The van der Waals surface area contributed by atoms with E-state index in [9.17, 15) is 4.79 Å². The van der Waals surface area contributed by atoms with Gasteiger partial charge in [-0.15, -0.1) is 0 Å². The summed E-state index contributed by atoms with van der Waals surface area (Å²) in [4.78, 5) is 15.6. The van der Waals surface area contributed by atoms with Crippen molar-refractivity contribution in [3.63, 3.8) is 0 Å². The molecule has 0 spiro atoms. The highest BCUT2D eigenvalue weighted by molar-refractivity contribution is 7.56. The molecular formula is C5H11N2O3P. The summed E-state index contributed by atoms with van der Waals surface area (Å²) in [5.74, 6) is -0.353. The van der Waals surface area contributed by atoms with E-state index in [4.69, 9.17) is 10.0 Å². The fraction of sp³-hybridized carbons (Fsp3) is 0.800. The van der Waals surface area contributed by atoms with Gasteiger partial charge in [0.25, 0.3) is 0 Å². The molecule has 1 saturated heterocycles. The van der Waals surface area contributed by atoms with E-state index < -0.39 is 8.07 Å². The van der Waals surface area contributed by atoms with Crippen molar-refractivity contribution in [2.75, 3.05) is 18.9 Å². The third kappa shape index (κ3) is 3.12. The second-order valence-electron chi connectivity index (χ2n) is 2.25. The first-order valence-corrected chi connectivity index (χ1v) is 5.09. The summed E-state index contributed by atoms with van der Waals surface area (Å²) in [7, 11) is -0.561. The SMILES string of the molecule is O=C(CP1CCCON1)NO. The molecule has 0 aromatic carbocycles. The van der Waals surface area contributed by atoms with E-state index in [-0.39, 0.29) is 5.91 Å². The Hall–Kier alpha value is -0.220. The molecule has 1 aliphatic rings. The molecule has 5 nitrogen and oxygen atoms in total. The molecule has 3 N–H and O–H groups in total. The van der Waals surface area contributed by atoms with Gasteiger partial charge >= 0.3 is 0 Å². The summed E-state index contributed by atoms with van der Waals surface area (Å²) >= 11 is 0. The van der Waals surface area contributed by atoms with Crippen molar-refractivity contribution < 1.29 is 14.8 Å². The number of carbonyl (C=O) groups excluding carboxylic acids is 1. The van der Waals surface area contributed by atoms with Gasteiger partial charge in [0.15, 0.2) is 0 Å². The summed E-state index contributed by atoms with van der Waals surface area (Å²) < 4.78 is 0. The van der Waals surface area contributed by atoms with Crippen molar-refractivity contribution in [1.29, 1.82) is 0 Å². The van der Waals surface area contributed by atoms with Crippen LogP contribution in [-0.2, 0) is 9.63 Å². The lowest BCUT2D eigenvalue weighted by Gasteiger charge is -2.21. The van der Waals surface area contributed by atoms with Crippen LogP contribution in [0.1, 0.15) is 6.42 Å². The number of nitrogens with one attached hydrogen (secondary N) is 2. The highest BCUT2D eigenvalue weighted by Crippen LogP contribution is 2.32. The number of hydroxylamine groups is 1. The lowest BCUT2D eigenvalue weighted by molar-refractivity contribution is -0.126. The summed E-state index contributed by atoms with van der Waals surface area (Å²) in [6, 6.07) is 0.